The summed E-state index contributed by atoms with van der Waals surface area (Å²) in [6.07, 6.45) is -0.771. The van der Waals surface area contributed by atoms with E-state index in [9.17, 15) is 0 Å². The molecule has 0 saturated carbocycles. The van der Waals surface area contributed by atoms with Gasteiger partial charge in [0.1, 0.15) is 0 Å². The average Bonchev–Trinajstić information content (AvgIpc) is 1.84. The van der Waals surface area contributed by atoms with Gasteiger partial charge >= 0.3 is 0 Å². The van der Waals surface area contributed by atoms with Gasteiger partial charge in [0.05, 0.1) is 12.7 Å². The molecule has 0 aromatic carbocycles. The Hall–Kier alpha value is 0.170. The van der Waals surface area contributed by atoms with E-state index in [1.165, 1.54) is 0 Å². The first kappa shape index (κ1) is 8.17. The lowest BCUT2D eigenvalue weighted by molar-refractivity contribution is 0.0747. The number of halogens is 1. The number of aliphatic hydroxyl groups excluding tert-OH is 2. The average molecular weight is 140 g/mol. The molecule has 0 aliphatic rings. The van der Waals surface area contributed by atoms with Gasteiger partial charge in [0.2, 0.25) is 0 Å². The Bertz CT molecular complexity index is 54.0. The molecule has 0 spiro atoms. The summed E-state index contributed by atoms with van der Waals surface area (Å²) >= 11 is 5.10. The highest BCUT2D eigenvalue weighted by molar-refractivity contribution is 6.13. The van der Waals surface area contributed by atoms with E-state index in [1.54, 1.807) is 6.92 Å². The second-order valence-electron chi connectivity index (χ2n) is 1.65. The molecule has 0 heterocycles. The number of hydrogen-bond acceptors (Lipinski definition) is 3. The second-order valence-corrected chi connectivity index (χ2v) is 1.87. The minimum atomic E-state index is -0.771. The lowest BCUT2D eigenvalue weighted by Gasteiger charge is -2.12. The first-order chi connectivity index (χ1) is 3.72. The van der Waals surface area contributed by atoms with Crippen molar-refractivity contribution in [3.05, 3.63) is 0 Å². The van der Waals surface area contributed by atoms with E-state index in [1.807, 2.05) is 0 Å². The second kappa shape index (κ2) is 4.09. The first-order valence-corrected chi connectivity index (χ1v) is 2.75. The monoisotopic (exact) mass is 139 g/mol. The fourth-order valence-corrected chi connectivity index (χ4v) is 0.376. The normalized spacial score (nSPS) is 18.0. The third kappa shape index (κ3) is 2.47. The molecule has 0 fully saturated rings. The molecule has 2 atom stereocenters. The molecule has 50 valence electrons. The number of nitrogens with one attached hydrogen (secondary N) is 1. The van der Waals surface area contributed by atoms with Crippen molar-refractivity contribution in [2.75, 3.05) is 6.61 Å². The van der Waals surface area contributed by atoms with Gasteiger partial charge in [-0.3, -0.25) is 0 Å². The van der Waals surface area contributed by atoms with Crippen molar-refractivity contribution in [3.8, 4) is 0 Å². The molecule has 8 heavy (non-hydrogen) atoms. The predicted molar refractivity (Wildman–Crippen MR) is 31.5 cm³/mol. The fourth-order valence-electron chi connectivity index (χ4n) is 0.231. The van der Waals surface area contributed by atoms with E-state index in [0.717, 1.165) is 0 Å². The van der Waals surface area contributed by atoms with Crippen molar-refractivity contribution < 1.29 is 10.2 Å². The molecular formula is C4H10ClNO2. The van der Waals surface area contributed by atoms with E-state index in [-0.39, 0.29) is 12.6 Å². The minimum absolute atomic E-state index is 0.262. The van der Waals surface area contributed by atoms with E-state index in [2.05, 4.69) is 4.84 Å². The van der Waals surface area contributed by atoms with Crippen LogP contribution in [0.3, 0.4) is 0 Å². The smallest absolute Gasteiger partial charge is 0.0933 e. The highest BCUT2D eigenvalue weighted by atomic mass is 35.5. The molecule has 0 aliphatic carbocycles. The van der Waals surface area contributed by atoms with Crippen LogP contribution >= 0.6 is 11.8 Å². The van der Waals surface area contributed by atoms with E-state index in [4.69, 9.17) is 22.0 Å². The van der Waals surface area contributed by atoms with E-state index < -0.39 is 6.10 Å². The van der Waals surface area contributed by atoms with Gasteiger partial charge in [-0.2, -0.15) is 0 Å². The summed E-state index contributed by atoms with van der Waals surface area (Å²) in [6, 6.07) is -0.262. The molecule has 0 aromatic heterocycles. The number of rotatable bonds is 3. The summed E-state index contributed by atoms with van der Waals surface area (Å²) in [5.41, 5.74) is 0. The zero-order valence-corrected chi connectivity index (χ0v) is 5.39. The minimum Gasteiger partial charge on any atom is -0.394 e. The van der Waals surface area contributed by atoms with Crippen molar-refractivity contribution in [1.29, 1.82) is 0 Å². The quantitative estimate of drug-likeness (QED) is 0.461. The molecule has 0 amide bonds. The van der Waals surface area contributed by atoms with Crippen LogP contribution in [-0.2, 0) is 0 Å². The molecule has 0 radical (unpaired) electrons. The maximum absolute atomic E-state index is 8.73. The molecule has 0 unspecified atom stereocenters. The topological polar surface area (TPSA) is 52.5 Å². The van der Waals surface area contributed by atoms with Crippen LogP contribution in [0.15, 0.2) is 0 Å². The molecular weight excluding hydrogens is 130 g/mol. The largest absolute Gasteiger partial charge is 0.394 e. The zero-order chi connectivity index (χ0) is 6.57. The zero-order valence-electron chi connectivity index (χ0n) is 4.63. The SMILES string of the molecule is C[C@@H](NCl)[C@@H](O)CO. The van der Waals surface area contributed by atoms with E-state index >= 15 is 0 Å². The highest BCUT2D eigenvalue weighted by Gasteiger charge is 2.09. The summed E-state index contributed by atoms with van der Waals surface area (Å²) in [6.45, 7) is 1.41. The van der Waals surface area contributed by atoms with E-state index in [0.29, 0.717) is 0 Å². The Balaban J connectivity index is 3.29. The molecule has 0 rings (SSSR count). The standard InChI is InChI=1S/C4H10ClNO2/c1-3(6-5)4(8)2-7/h3-4,6-8H,2H2,1H3/t3-,4+/m1/s1. The predicted octanol–water partition coefficient (Wildman–Crippen LogP) is -0.528. The van der Waals surface area contributed by atoms with Gasteiger partial charge in [0.15, 0.2) is 0 Å². The van der Waals surface area contributed by atoms with Gasteiger partial charge in [-0.1, -0.05) is 0 Å². The van der Waals surface area contributed by atoms with Crippen molar-refractivity contribution in [2.24, 2.45) is 0 Å². The molecule has 0 aliphatic heterocycles. The molecule has 0 aromatic rings. The Morgan fingerprint density at radius 3 is 2.38 bits per heavy atom. The van der Waals surface area contributed by atoms with Crippen LogP contribution in [0.5, 0.6) is 0 Å². The maximum Gasteiger partial charge on any atom is 0.0933 e. The Morgan fingerprint density at radius 1 is 1.75 bits per heavy atom. The fraction of sp³-hybridized carbons (Fsp3) is 1.00. The molecule has 0 saturated heterocycles. The van der Waals surface area contributed by atoms with Crippen LogP contribution in [-0.4, -0.2) is 29.0 Å². The summed E-state index contributed by atoms with van der Waals surface area (Å²) < 4.78 is 0. The summed E-state index contributed by atoms with van der Waals surface area (Å²) in [5.74, 6) is 0. The van der Waals surface area contributed by atoms with Crippen LogP contribution in [0.2, 0.25) is 0 Å². The summed E-state index contributed by atoms with van der Waals surface area (Å²) in [4.78, 5) is 2.28. The molecule has 0 bridgehead atoms. The third-order valence-electron chi connectivity index (χ3n) is 0.936. The van der Waals surface area contributed by atoms with Gasteiger partial charge in [0, 0.05) is 6.04 Å². The van der Waals surface area contributed by atoms with Crippen LogP contribution in [0, 0.1) is 0 Å². The first-order valence-electron chi connectivity index (χ1n) is 2.37. The molecule has 3 nitrogen and oxygen atoms in total. The Morgan fingerprint density at radius 2 is 2.25 bits per heavy atom. The third-order valence-corrected chi connectivity index (χ3v) is 1.28. The molecule has 4 heteroatoms. The van der Waals surface area contributed by atoms with Crippen molar-refractivity contribution in [2.45, 2.75) is 19.1 Å². The Kier molecular flexibility index (Phi) is 4.18. The Labute approximate surface area is 53.4 Å². The van der Waals surface area contributed by atoms with Crippen molar-refractivity contribution >= 4 is 11.8 Å². The van der Waals surface area contributed by atoms with Crippen LogP contribution in [0.1, 0.15) is 6.92 Å². The summed E-state index contributed by atoms with van der Waals surface area (Å²) in [7, 11) is 0. The van der Waals surface area contributed by atoms with Gasteiger partial charge in [-0.05, 0) is 18.7 Å². The number of hydrogen-bond donors (Lipinski definition) is 3. The van der Waals surface area contributed by atoms with Gasteiger partial charge in [0.25, 0.3) is 0 Å². The van der Waals surface area contributed by atoms with Gasteiger partial charge < -0.3 is 10.2 Å². The van der Waals surface area contributed by atoms with Crippen molar-refractivity contribution in [3.63, 3.8) is 0 Å². The molecule has 3 N–H and O–H groups in total. The van der Waals surface area contributed by atoms with Gasteiger partial charge in [-0.25, -0.2) is 4.84 Å². The maximum atomic E-state index is 8.73. The van der Waals surface area contributed by atoms with Crippen LogP contribution in [0.4, 0.5) is 0 Å². The van der Waals surface area contributed by atoms with Crippen LogP contribution in [0.25, 0.3) is 0 Å². The summed E-state index contributed by atoms with van der Waals surface area (Å²) in [5, 5.41) is 17.0. The highest BCUT2D eigenvalue weighted by Crippen LogP contribution is 1.90. The lowest BCUT2D eigenvalue weighted by atomic mass is 10.2. The van der Waals surface area contributed by atoms with Crippen molar-refractivity contribution in [1.82, 2.24) is 4.84 Å². The number of aliphatic hydroxyl groups is 2. The van der Waals surface area contributed by atoms with Gasteiger partial charge in [-0.15, -0.1) is 0 Å². The van der Waals surface area contributed by atoms with Crippen LogP contribution < -0.4 is 4.84 Å². The lowest BCUT2D eigenvalue weighted by Crippen LogP contribution is -2.34.